The van der Waals surface area contributed by atoms with Gasteiger partial charge in [-0.25, -0.2) is 0 Å². The summed E-state index contributed by atoms with van der Waals surface area (Å²) in [5, 5.41) is 0.488. The Morgan fingerprint density at radius 2 is 1.90 bits per heavy atom. The van der Waals surface area contributed by atoms with Crippen molar-refractivity contribution in [1.82, 2.24) is 0 Å². The number of hydrogen-bond acceptors (Lipinski definition) is 2. The lowest BCUT2D eigenvalue weighted by atomic mass is 10.1. The number of carbonyl (C=O) groups is 1. The number of rotatable bonds is 5. The molecule has 0 aliphatic carbocycles. The van der Waals surface area contributed by atoms with Gasteiger partial charge < -0.3 is 4.74 Å². The standard InChI is InChI=1S/C16H14BrClO2/c1-2-11-3-5-12(6-4-11)15(19)10-20-16-9-13(17)7-8-14(16)18/h3-9H,2,10H2,1H3. The van der Waals surface area contributed by atoms with Crippen LogP contribution in [-0.2, 0) is 6.42 Å². The maximum atomic E-state index is 12.0. The summed E-state index contributed by atoms with van der Waals surface area (Å²) in [4.78, 5) is 12.0. The molecule has 0 N–H and O–H groups in total. The van der Waals surface area contributed by atoms with E-state index in [4.69, 9.17) is 16.3 Å². The minimum absolute atomic E-state index is 0.0261. The second-order valence-electron chi connectivity index (χ2n) is 4.34. The molecule has 2 rings (SSSR count). The van der Waals surface area contributed by atoms with Gasteiger partial charge in [-0.2, -0.15) is 0 Å². The van der Waals surface area contributed by atoms with Gasteiger partial charge in [0, 0.05) is 10.0 Å². The fourth-order valence-electron chi connectivity index (χ4n) is 1.74. The number of Topliss-reactive ketones (excluding diaryl/α,β-unsaturated/α-hetero) is 1. The Balaban J connectivity index is 2.02. The maximum absolute atomic E-state index is 12.0. The van der Waals surface area contributed by atoms with Gasteiger partial charge in [-0.1, -0.05) is 58.7 Å². The van der Waals surface area contributed by atoms with Crippen LogP contribution in [0, 0.1) is 0 Å². The van der Waals surface area contributed by atoms with Gasteiger partial charge in [0.25, 0.3) is 0 Å². The van der Waals surface area contributed by atoms with E-state index in [9.17, 15) is 4.79 Å². The van der Waals surface area contributed by atoms with Crippen LogP contribution < -0.4 is 4.74 Å². The third kappa shape index (κ3) is 3.84. The topological polar surface area (TPSA) is 26.3 Å². The quantitative estimate of drug-likeness (QED) is 0.713. The third-order valence-electron chi connectivity index (χ3n) is 2.94. The molecule has 0 saturated carbocycles. The lowest BCUT2D eigenvalue weighted by Gasteiger charge is -2.08. The molecule has 0 aromatic heterocycles. The van der Waals surface area contributed by atoms with Crippen LogP contribution in [0.5, 0.6) is 5.75 Å². The van der Waals surface area contributed by atoms with E-state index in [0.717, 1.165) is 10.9 Å². The summed E-state index contributed by atoms with van der Waals surface area (Å²) in [5.74, 6) is 0.434. The zero-order valence-electron chi connectivity index (χ0n) is 11.0. The number of hydrogen-bond donors (Lipinski definition) is 0. The summed E-state index contributed by atoms with van der Waals surface area (Å²) in [7, 11) is 0. The predicted octanol–water partition coefficient (Wildman–Crippen LogP) is 4.93. The highest BCUT2D eigenvalue weighted by molar-refractivity contribution is 9.10. The molecule has 0 aliphatic heterocycles. The first-order valence-corrected chi connectivity index (χ1v) is 7.47. The number of ketones is 1. The molecule has 0 radical (unpaired) electrons. The van der Waals surface area contributed by atoms with E-state index in [0.29, 0.717) is 16.3 Å². The van der Waals surface area contributed by atoms with Gasteiger partial charge in [0.1, 0.15) is 5.75 Å². The Kier molecular flexibility index (Phi) is 5.21. The molecule has 0 heterocycles. The van der Waals surface area contributed by atoms with E-state index in [1.54, 1.807) is 12.1 Å². The molecule has 4 heteroatoms. The molecule has 0 bridgehead atoms. The molecule has 0 spiro atoms. The van der Waals surface area contributed by atoms with E-state index in [1.165, 1.54) is 5.56 Å². The molecule has 0 unspecified atom stereocenters. The SMILES string of the molecule is CCc1ccc(C(=O)COc2cc(Br)ccc2Cl)cc1. The average molecular weight is 354 g/mol. The Bertz CT molecular complexity index is 608. The van der Waals surface area contributed by atoms with Crippen LogP contribution in [-0.4, -0.2) is 12.4 Å². The molecule has 0 fully saturated rings. The van der Waals surface area contributed by atoms with Crippen molar-refractivity contribution in [2.24, 2.45) is 0 Å². The van der Waals surface area contributed by atoms with E-state index in [1.807, 2.05) is 30.3 Å². The molecule has 0 atom stereocenters. The van der Waals surface area contributed by atoms with Gasteiger partial charge in [-0.15, -0.1) is 0 Å². The highest BCUT2D eigenvalue weighted by atomic mass is 79.9. The average Bonchev–Trinajstić information content (AvgIpc) is 2.48. The van der Waals surface area contributed by atoms with E-state index in [2.05, 4.69) is 22.9 Å². The third-order valence-corrected chi connectivity index (χ3v) is 3.74. The smallest absolute Gasteiger partial charge is 0.200 e. The zero-order chi connectivity index (χ0) is 14.5. The Hall–Kier alpha value is -1.32. The van der Waals surface area contributed by atoms with Crippen LogP contribution in [0.25, 0.3) is 0 Å². The molecule has 2 nitrogen and oxygen atoms in total. The fraction of sp³-hybridized carbons (Fsp3) is 0.188. The summed E-state index contributed by atoms with van der Waals surface area (Å²) >= 11 is 9.35. The minimum Gasteiger partial charge on any atom is -0.484 e. The van der Waals surface area contributed by atoms with Crippen LogP contribution in [0.2, 0.25) is 5.02 Å². The molecule has 104 valence electrons. The molecular weight excluding hydrogens is 340 g/mol. The Morgan fingerprint density at radius 3 is 2.55 bits per heavy atom. The maximum Gasteiger partial charge on any atom is 0.200 e. The second kappa shape index (κ2) is 6.91. The predicted molar refractivity (Wildman–Crippen MR) is 84.8 cm³/mol. The van der Waals surface area contributed by atoms with Crippen LogP contribution in [0.1, 0.15) is 22.8 Å². The van der Waals surface area contributed by atoms with Crippen LogP contribution in [0.15, 0.2) is 46.9 Å². The lowest BCUT2D eigenvalue weighted by molar-refractivity contribution is 0.0921. The molecule has 20 heavy (non-hydrogen) atoms. The van der Waals surface area contributed by atoms with Crippen molar-refractivity contribution < 1.29 is 9.53 Å². The molecule has 2 aromatic carbocycles. The summed E-state index contributed by atoms with van der Waals surface area (Å²) in [6.07, 6.45) is 0.957. The molecular formula is C16H14BrClO2. The fourth-order valence-corrected chi connectivity index (χ4v) is 2.25. The second-order valence-corrected chi connectivity index (χ2v) is 5.66. The van der Waals surface area contributed by atoms with Crippen molar-refractivity contribution in [3.05, 3.63) is 63.1 Å². The summed E-state index contributed by atoms with van der Waals surface area (Å²) < 4.78 is 6.34. The zero-order valence-corrected chi connectivity index (χ0v) is 13.4. The molecule has 0 amide bonds. The monoisotopic (exact) mass is 352 g/mol. The Morgan fingerprint density at radius 1 is 1.20 bits per heavy atom. The van der Waals surface area contributed by atoms with Gasteiger partial charge in [0.2, 0.25) is 0 Å². The molecule has 0 saturated heterocycles. The van der Waals surface area contributed by atoms with Gasteiger partial charge in [0.15, 0.2) is 12.4 Å². The van der Waals surface area contributed by atoms with Crippen LogP contribution >= 0.6 is 27.5 Å². The van der Waals surface area contributed by atoms with Crippen molar-refractivity contribution in [1.29, 1.82) is 0 Å². The highest BCUT2D eigenvalue weighted by Crippen LogP contribution is 2.28. The number of ether oxygens (including phenoxy) is 1. The first-order chi connectivity index (χ1) is 9.60. The minimum atomic E-state index is -0.0660. The number of carbonyl (C=O) groups excluding carboxylic acids is 1. The highest BCUT2D eigenvalue weighted by Gasteiger charge is 2.09. The van der Waals surface area contributed by atoms with Crippen molar-refractivity contribution in [3.63, 3.8) is 0 Å². The number of benzene rings is 2. The largest absolute Gasteiger partial charge is 0.484 e. The van der Waals surface area contributed by atoms with E-state index < -0.39 is 0 Å². The first-order valence-electron chi connectivity index (χ1n) is 6.30. The molecule has 0 aliphatic rings. The van der Waals surface area contributed by atoms with Crippen molar-refractivity contribution in [3.8, 4) is 5.75 Å². The van der Waals surface area contributed by atoms with Gasteiger partial charge >= 0.3 is 0 Å². The van der Waals surface area contributed by atoms with E-state index in [-0.39, 0.29) is 12.4 Å². The van der Waals surface area contributed by atoms with Gasteiger partial charge in [-0.3, -0.25) is 4.79 Å². The number of aryl methyl sites for hydroxylation is 1. The van der Waals surface area contributed by atoms with Crippen LogP contribution in [0.3, 0.4) is 0 Å². The summed E-state index contributed by atoms with van der Waals surface area (Å²) in [6, 6.07) is 12.9. The van der Waals surface area contributed by atoms with Crippen LogP contribution in [0.4, 0.5) is 0 Å². The van der Waals surface area contributed by atoms with Crippen molar-refractivity contribution in [2.75, 3.05) is 6.61 Å². The Labute approximate surface area is 131 Å². The van der Waals surface area contributed by atoms with Gasteiger partial charge in [-0.05, 0) is 30.2 Å². The normalized spacial score (nSPS) is 10.3. The first kappa shape index (κ1) is 15.1. The molecule has 2 aromatic rings. The summed E-state index contributed by atoms with van der Waals surface area (Å²) in [5.41, 5.74) is 1.85. The van der Waals surface area contributed by atoms with Crippen molar-refractivity contribution >= 4 is 33.3 Å². The number of halogens is 2. The van der Waals surface area contributed by atoms with E-state index >= 15 is 0 Å². The lowest BCUT2D eigenvalue weighted by Crippen LogP contribution is -2.11. The van der Waals surface area contributed by atoms with Crippen molar-refractivity contribution in [2.45, 2.75) is 13.3 Å². The summed E-state index contributed by atoms with van der Waals surface area (Å²) in [6.45, 7) is 2.05. The van der Waals surface area contributed by atoms with Gasteiger partial charge in [0.05, 0.1) is 5.02 Å².